The molecule has 3 rings (SSSR count). The molecule has 2 aromatic rings. The summed E-state index contributed by atoms with van der Waals surface area (Å²) in [5.74, 6) is 1.44. The predicted molar refractivity (Wildman–Crippen MR) is 79.0 cm³/mol. The molecule has 1 aromatic carbocycles. The molecule has 5 heteroatoms. The number of anilines is 1. The maximum Gasteiger partial charge on any atom is 0.225 e. The van der Waals surface area contributed by atoms with Gasteiger partial charge in [-0.15, -0.1) is 11.3 Å². The molecular weight excluding hydrogens is 274 g/mol. The van der Waals surface area contributed by atoms with Crippen LogP contribution in [-0.4, -0.2) is 20.1 Å². The SMILES string of the molecule is COc1cccc([C@H]2CC(=O)Nc3ccsc32)c1OC. The minimum Gasteiger partial charge on any atom is -0.493 e. The first-order valence-corrected chi connectivity index (χ1v) is 7.20. The number of ether oxygens (including phenoxy) is 2. The number of carbonyl (C=O) groups is 1. The number of para-hydroxylation sites is 1. The van der Waals surface area contributed by atoms with Crippen LogP contribution in [0.3, 0.4) is 0 Å². The molecule has 1 N–H and O–H groups in total. The van der Waals surface area contributed by atoms with Crippen molar-refractivity contribution in [2.45, 2.75) is 12.3 Å². The smallest absolute Gasteiger partial charge is 0.225 e. The summed E-state index contributed by atoms with van der Waals surface area (Å²) < 4.78 is 10.8. The van der Waals surface area contributed by atoms with Crippen LogP contribution in [0.15, 0.2) is 29.6 Å². The zero-order chi connectivity index (χ0) is 14.1. The van der Waals surface area contributed by atoms with Gasteiger partial charge in [0.25, 0.3) is 0 Å². The van der Waals surface area contributed by atoms with E-state index >= 15 is 0 Å². The Morgan fingerprint density at radius 1 is 1.25 bits per heavy atom. The van der Waals surface area contributed by atoms with Crippen LogP contribution in [-0.2, 0) is 4.79 Å². The summed E-state index contributed by atoms with van der Waals surface area (Å²) in [7, 11) is 3.24. The summed E-state index contributed by atoms with van der Waals surface area (Å²) >= 11 is 1.65. The summed E-state index contributed by atoms with van der Waals surface area (Å²) in [6.45, 7) is 0. The van der Waals surface area contributed by atoms with Gasteiger partial charge >= 0.3 is 0 Å². The lowest BCUT2D eigenvalue weighted by Gasteiger charge is -2.25. The summed E-state index contributed by atoms with van der Waals surface area (Å²) in [5, 5.41) is 4.90. The Balaban J connectivity index is 2.13. The highest BCUT2D eigenvalue weighted by Gasteiger charge is 2.30. The summed E-state index contributed by atoms with van der Waals surface area (Å²) in [6, 6.07) is 7.72. The van der Waals surface area contributed by atoms with Crippen molar-refractivity contribution < 1.29 is 14.3 Å². The Labute approximate surface area is 121 Å². The maximum absolute atomic E-state index is 11.9. The molecule has 104 valence electrons. The number of amides is 1. The zero-order valence-corrected chi connectivity index (χ0v) is 12.1. The molecule has 1 aliphatic rings. The largest absolute Gasteiger partial charge is 0.493 e. The number of fused-ring (bicyclic) bond motifs is 1. The van der Waals surface area contributed by atoms with E-state index < -0.39 is 0 Å². The van der Waals surface area contributed by atoms with Crippen LogP contribution >= 0.6 is 11.3 Å². The van der Waals surface area contributed by atoms with Gasteiger partial charge in [-0.3, -0.25) is 4.79 Å². The summed E-state index contributed by atoms with van der Waals surface area (Å²) in [5.41, 5.74) is 1.89. The van der Waals surface area contributed by atoms with Gasteiger partial charge in [-0.2, -0.15) is 0 Å². The van der Waals surface area contributed by atoms with E-state index in [2.05, 4.69) is 5.32 Å². The molecule has 1 atom stereocenters. The third-order valence-corrected chi connectivity index (χ3v) is 4.51. The minimum absolute atomic E-state index is 0.0174. The van der Waals surface area contributed by atoms with Gasteiger partial charge in [0.2, 0.25) is 5.91 Å². The molecule has 0 spiro atoms. The molecule has 0 unspecified atom stereocenters. The highest BCUT2D eigenvalue weighted by atomic mass is 32.1. The third kappa shape index (κ3) is 2.04. The number of carbonyl (C=O) groups excluding carboxylic acids is 1. The standard InChI is InChI=1S/C15H15NO3S/c1-18-12-5-3-4-9(14(12)19-2)10-8-13(17)16-11-6-7-20-15(10)11/h3-7,10H,8H2,1-2H3,(H,16,17)/t10-/m1/s1. The fraction of sp³-hybridized carbons (Fsp3) is 0.267. The van der Waals surface area contributed by atoms with Crippen LogP contribution in [0.5, 0.6) is 11.5 Å². The number of rotatable bonds is 3. The Morgan fingerprint density at radius 2 is 2.10 bits per heavy atom. The number of nitrogens with one attached hydrogen (secondary N) is 1. The first-order chi connectivity index (χ1) is 9.74. The second-order valence-corrected chi connectivity index (χ2v) is 5.53. The first-order valence-electron chi connectivity index (χ1n) is 6.32. The predicted octanol–water partition coefficient (Wildman–Crippen LogP) is 3.24. The van der Waals surface area contributed by atoms with Gasteiger partial charge in [0.05, 0.1) is 19.9 Å². The average molecular weight is 289 g/mol. The molecule has 0 saturated carbocycles. The van der Waals surface area contributed by atoms with Crippen LogP contribution in [0.4, 0.5) is 5.69 Å². The van der Waals surface area contributed by atoms with Crippen molar-refractivity contribution >= 4 is 22.9 Å². The molecule has 1 aliphatic heterocycles. The molecule has 1 aromatic heterocycles. The number of hydrogen-bond donors (Lipinski definition) is 1. The van der Waals surface area contributed by atoms with E-state index in [0.717, 1.165) is 16.1 Å². The monoisotopic (exact) mass is 289 g/mol. The van der Waals surface area contributed by atoms with E-state index in [-0.39, 0.29) is 11.8 Å². The van der Waals surface area contributed by atoms with E-state index in [1.807, 2.05) is 29.6 Å². The van der Waals surface area contributed by atoms with Crippen molar-refractivity contribution in [1.29, 1.82) is 0 Å². The number of thiophene rings is 1. The highest BCUT2D eigenvalue weighted by Crippen LogP contribution is 2.45. The van der Waals surface area contributed by atoms with Gasteiger partial charge in [-0.05, 0) is 17.5 Å². The van der Waals surface area contributed by atoms with Gasteiger partial charge < -0.3 is 14.8 Å². The fourth-order valence-electron chi connectivity index (χ4n) is 2.61. The van der Waals surface area contributed by atoms with E-state index in [0.29, 0.717) is 17.9 Å². The van der Waals surface area contributed by atoms with E-state index in [4.69, 9.17) is 9.47 Å². The first kappa shape index (κ1) is 13.0. The van der Waals surface area contributed by atoms with Crippen molar-refractivity contribution in [3.8, 4) is 11.5 Å². The van der Waals surface area contributed by atoms with Gasteiger partial charge in [-0.25, -0.2) is 0 Å². The normalized spacial score (nSPS) is 17.3. The molecule has 0 radical (unpaired) electrons. The van der Waals surface area contributed by atoms with Crippen LogP contribution in [0.25, 0.3) is 0 Å². The average Bonchev–Trinajstić information content (AvgIpc) is 2.93. The minimum atomic E-state index is 0.0174. The van der Waals surface area contributed by atoms with Crippen molar-refractivity contribution in [2.24, 2.45) is 0 Å². The highest BCUT2D eigenvalue weighted by molar-refractivity contribution is 7.10. The number of benzene rings is 1. The molecule has 1 amide bonds. The van der Waals surface area contributed by atoms with E-state index in [9.17, 15) is 4.79 Å². The summed E-state index contributed by atoms with van der Waals surface area (Å²) in [6.07, 6.45) is 0.428. The van der Waals surface area contributed by atoms with Crippen LogP contribution in [0.2, 0.25) is 0 Å². The maximum atomic E-state index is 11.9. The second kappa shape index (κ2) is 5.17. The Kier molecular flexibility index (Phi) is 3.36. The lowest BCUT2D eigenvalue weighted by molar-refractivity contribution is -0.116. The van der Waals surface area contributed by atoms with Crippen LogP contribution in [0, 0.1) is 0 Å². The van der Waals surface area contributed by atoms with E-state index in [1.54, 1.807) is 25.6 Å². The Bertz CT molecular complexity index is 650. The van der Waals surface area contributed by atoms with Crippen LogP contribution in [0.1, 0.15) is 22.8 Å². The molecule has 20 heavy (non-hydrogen) atoms. The summed E-state index contributed by atoms with van der Waals surface area (Å²) in [4.78, 5) is 13.0. The molecule has 0 fully saturated rings. The quantitative estimate of drug-likeness (QED) is 0.943. The van der Waals surface area contributed by atoms with Crippen molar-refractivity contribution in [1.82, 2.24) is 0 Å². The third-order valence-electron chi connectivity index (χ3n) is 3.48. The fourth-order valence-corrected chi connectivity index (χ4v) is 3.58. The van der Waals surface area contributed by atoms with Crippen molar-refractivity contribution in [3.63, 3.8) is 0 Å². The molecule has 0 saturated heterocycles. The van der Waals surface area contributed by atoms with Gasteiger partial charge in [0, 0.05) is 22.8 Å². The second-order valence-electron chi connectivity index (χ2n) is 4.59. The van der Waals surface area contributed by atoms with Gasteiger partial charge in [-0.1, -0.05) is 12.1 Å². The molecule has 0 bridgehead atoms. The Morgan fingerprint density at radius 3 is 2.85 bits per heavy atom. The molecule has 2 heterocycles. The number of hydrogen-bond acceptors (Lipinski definition) is 4. The van der Waals surface area contributed by atoms with Crippen molar-refractivity contribution in [3.05, 3.63) is 40.1 Å². The Hall–Kier alpha value is -2.01. The van der Waals surface area contributed by atoms with Gasteiger partial charge in [0.1, 0.15) is 0 Å². The number of methoxy groups -OCH3 is 2. The molecule has 4 nitrogen and oxygen atoms in total. The molecule has 0 aliphatic carbocycles. The molecular formula is C15H15NO3S. The van der Waals surface area contributed by atoms with E-state index in [1.165, 1.54) is 0 Å². The van der Waals surface area contributed by atoms with Gasteiger partial charge in [0.15, 0.2) is 11.5 Å². The van der Waals surface area contributed by atoms with Crippen LogP contribution < -0.4 is 14.8 Å². The lowest BCUT2D eigenvalue weighted by atomic mass is 9.90. The lowest BCUT2D eigenvalue weighted by Crippen LogP contribution is -2.22. The van der Waals surface area contributed by atoms with Crippen molar-refractivity contribution in [2.75, 3.05) is 19.5 Å². The topological polar surface area (TPSA) is 47.6 Å². The zero-order valence-electron chi connectivity index (χ0n) is 11.3.